The average Bonchev–Trinajstić information content (AvgIpc) is 2.49. The van der Waals surface area contributed by atoms with Crippen LogP contribution in [0.1, 0.15) is 25.8 Å². The zero-order chi connectivity index (χ0) is 14.5. The quantitative estimate of drug-likeness (QED) is 0.874. The van der Waals surface area contributed by atoms with E-state index in [-0.39, 0.29) is 11.9 Å². The van der Waals surface area contributed by atoms with Crippen LogP contribution >= 0.6 is 0 Å². The zero-order valence-corrected chi connectivity index (χ0v) is 12.2. The molecular formula is C16H24N2O2. The molecule has 1 aliphatic heterocycles. The number of hydrogen-bond acceptors (Lipinski definition) is 3. The van der Waals surface area contributed by atoms with Crippen LogP contribution in [0.4, 0.5) is 0 Å². The van der Waals surface area contributed by atoms with Crippen molar-refractivity contribution in [2.45, 2.75) is 39.0 Å². The Balaban J connectivity index is 2.00. The molecule has 0 unspecified atom stereocenters. The maximum Gasteiger partial charge on any atom is 0.234 e. The molecule has 4 heteroatoms. The van der Waals surface area contributed by atoms with E-state index in [1.165, 1.54) is 0 Å². The Labute approximate surface area is 120 Å². The van der Waals surface area contributed by atoms with Gasteiger partial charge in [-0.2, -0.15) is 0 Å². The number of rotatable bonds is 4. The molecule has 1 aliphatic rings. The predicted molar refractivity (Wildman–Crippen MR) is 79.1 cm³/mol. The second kappa shape index (κ2) is 6.86. The van der Waals surface area contributed by atoms with Gasteiger partial charge in [0.15, 0.2) is 0 Å². The molecule has 4 nitrogen and oxygen atoms in total. The van der Waals surface area contributed by atoms with E-state index in [0.29, 0.717) is 25.6 Å². The minimum absolute atomic E-state index is 0.00290. The molecule has 0 saturated carbocycles. The second-order valence-corrected chi connectivity index (χ2v) is 6.03. The molecule has 2 N–H and O–H groups in total. The molecule has 1 aromatic carbocycles. The highest BCUT2D eigenvalue weighted by Crippen LogP contribution is 2.14. The van der Waals surface area contributed by atoms with Crippen LogP contribution in [0, 0.1) is 5.92 Å². The van der Waals surface area contributed by atoms with Gasteiger partial charge in [0, 0.05) is 13.1 Å². The standard InChI is InChI=1S/C16H24N2O2/c1-12(2)8-14-15(19)10-18(11-16(20)17-14)9-13-6-4-3-5-7-13/h3-7,12,14-15,19H,8-11H2,1-2H3,(H,17,20)/t14-,15+/m1/s1. The first-order chi connectivity index (χ1) is 9.54. The second-order valence-electron chi connectivity index (χ2n) is 6.03. The highest BCUT2D eigenvalue weighted by atomic mass is 16.3. The average molecular weight is 276 g/mol. The summed E-state index contributed by atoms with van der Waals surface area (Å²) in [5.74, 6) is 0.457. The van der Waals surface area contributed by atoms with Crippen molar-refractivity contribution in [1.29, 1.82) is 0 Å². The number of aliphatic hydroxyl groups excluding tert-OH is 1. The minimum Gasteiger partial charge on any atom is -0.390 e. The van der Waals surface area contributed by atoms with Crippen molar-refractivity contribution in [3.05, 3.63) is 35.9 Å². The number of nitrogens with zero attached hydrogens (tertiary/aromatic N) is 1. The molecule has 1 saturated heterocycles. The number of β-amino-alcohol motifs (C(OH)–C–C–N with tert-alkyl or cyclic N) is 1. The van der Waals surface area contributed by atoms with Crippen LogP contribution in [0.15, 0.2) is 30.3 Å². The molecule has 1 fully saturated rings. The maximum atomic E-state index is 12.0. The number of aliphatic hydroxyl groups is 1. The van der Waals surface area contributed by atoms with Gasteiger partial charge in [-0.1, -0.05) is 44.2 Å². The van der Waals surface area contributed by atoms with Crippen LogP contribution in [0.25, 0.3) is 0 Å². The molecule has 1 amide bonds. The summed E-state index contributed by atoms with van der Waals surface area (Å²) in [4.78, 5) is 14.0. The smallest absolute Gasteiger partial charge is 0.234 e. The van der Waals surface area contributed by atoms with Crippen molar-refractivity contribution < 1.29 is 9.90 Å². The van der Waals surface area contributed by atoms with Crippen LogP contribution in [-0.4, -0.2) is 41.1 Å². The highest BCUT2D eigenvalue weighted by molar-refractivity contribution is 5.78. The molecule has 110 valence electrons. The Morgan fingerprint density at radius 3 is 2.70 bits per heavy atom. The molecule has 2 rings (SSSR count). The lowest BCUT2D eigenvalue weighted by Gasteiger charge is -2.25. The molecular weight excluding hydrogens is 252 g/mol. The van der Waals surface area contributed by atoms with Crippen LogP contribution in [0.3, 0.4) is 0 Å². The molecule has 1 aromatic rings. The van der Waals surface area contributed by atoms with E-state index in [4.69, 9.17) is 0 Å². The topological polar surface area (TPSA) is 52.6 Å². The first-order valence-electron chi connectivity index (χ1n) is 7.28. The van der Waals surface area contributed by atoms with Gasteiger partial charge in [0.2, 0.25) is 5.91 Å². The third-order valence-electron chi connectivity index (χ3n) is 3.60. The Hall–Kier alpha value is -1.39. The summed E-state index contributed by atoms with van der Waals surface area (Å²) in [7, 11) is 0. The van der Waals surface area contributed by atoms with E-state index in [1.54, 1.807) is 0 Å². The highest BCUT2D eigenvalue weighted by Gasteiger charge is 2.29. The van der Waals surface area contributed by atoms with Gasteiger partial charge in [-0.3, -0.25) is 9.69 Å². The van der Waals surface area contributed by atoms with Crippen molar-refractivity contribution in [2.75, 3.05) is 13.1 Å². The van der Waals surface area contributed by atoms with Crippen molar-refractivity contribution in [3.8, 4) is 0 Å². The SMILES string of the molecule is CC(C)C[C@H]1NC(=O)CN(Cc2ccccc2)C[C@@H]1O. The number of nitrogens with one attached hydrogen (secondary N) is 1. The predicted octanol–water partition coefficient (Wildman–Crippen LogP) is 1.39. The molecule has 0 spiro atoms. The monoisotopic (exact) mass is 276 g/mol. The lowest BCUT2D eigenvalue weighted by atomic mass is 9.99. The Kier molecular flexibility index (Phi) is 5.15. The third-order valence-corrected chi connectivity index (χ3v) is 3.60. The van der Waals surface area contributed by atoms with Crippen molar-refractivity contribution >= 4 is 5.91 Å². The minimum atomic E-state index is -0.507. The Morgan fingerprint density at radius 2 is 2.05 bits per heavy atom. The zero-order valence-electron chi connectivity index (χ0n) is 12.2. The van der Waals surface area contributed by atoms with Crippen molar-refractivity contribution in [2.24, 2.45) is 5.92 Å². The summed E-state index contributed by atoms with van der Waals surface area (Å²) in [6, 6.07) is 9.91. The van der Waals surface area contributed by atoms with E-state index in [9.17, 15) is 9.90 Å². The molecule has 0 aromatic heterocycles. The normalized spacial score (nSPS) is 24.5. The number of amides is 1. The van der Waals surface area contributed by atoms with Gasteiger partial charge in [-0.15, -0.1) is 0 Å². The lowest BCUT2D eigenvalue weighted by molar-refractivity contribution is -0.122. The van der Waals surface area contributed by atoms with Gasteiger partial charge >= 0.3 is 0 Å². The molecule has 2 atom stereocenters. The van der Waals surface area contributed by atoms with Gasteiger partial charge in [-0.25, -0.2) is 0 Å². The van der Waals surface area contributed by atoms with E-state index in [0.717, 1.165) is 12.0 Å². The van der Waals surface area contributed by atoms with E-state index >= 15 is 0 Å². The van der Waals surface area contributed by atoms with Gasteiger partial charge in [-0.05, 0) is 17.9 Å². The number of carbonyl (C=O) groups is 1. The molecule has 20 heavy (non-hydrogen) atoms. The third kappa shape index (κ3) is 4.32. The van der Waals surface area contributed by atoms with Gasteiger partial charge in [0.1, 0.15) is 0 Å². The summed E-state index contributed by atoms with van der Waals surface area (Å²) in [5, 5.41) is 13.3. The molecule has 0 radical (unpaired) electrons. The summed E-state index contributed by atoms with van der Waals surface area (Å²) >= 11 is 0. The van der Waals surface area contributed by atoms with E-state index in [2.05, 4.69) is 19.2 Å². The van der Waals surface area contributed by atoms with E-state index in [1.807, 2.05) is 35.2 Å². The number of carbonyl (C=O) groups excluding carboxylic acids is 1. The van der Waals surface area contributed by atoms with Crippen LogP contribution < -0.4 is 5.32 Å². The fraction of sp³-hybridized carbons (Fsp3) is 0.562. The molecule has 0 bridgehead atoms. The summed E-state index contributed by atoms with van der Waals surface area (Å²) in [6.45, 7) is 5.78. The summed E-state index contributed by atoms with van der Waals surface area (Å²) < 4.78 is 0. The number of hydrogen-bond donors (Lipinski definition) is 2. The molecule has 1 heterocycles. The van der Waals surface area contributed by atoms with Crippen LogP contribution in [0.5, 0.6) is 0 Å². The molecule has 0 aliphatic carbocycles. The Bertz CT molecular complexity index is 433. The summed E-state index contributed by atoms with van der Waals surface area (Å²) in [6.07, 6.45) is 0.305. The van der Waals surface area contributed by atoms with E-state index < -0.39 is 6.10 Å². The summed E-state index contributed by atoms with van der Waals surface area (Å²) in [5.41, 5.74) is 1.16. The van der Waals surface area contributed by atoms with Crippen molar-refractivity contribution in [3.63, 3.8) is 0 Å². The fourth-order valence-electron chi connectivity index (χ4n) is 2.69. The van der Waals surface area contributed by atoms with Gasteiger partial charge in [0.25, 0.3) is 0 Å². The first-order valence-corrected chi connectivity index (χ1v) is 7.28. The van der Waals surface area contributed by atoms with Gasteiger partial charge in [0.05, 0.1) is 18.7 Å². The first kappa shape index (κ1) is 15.0. The number of benzene rings is 1. The van der Waals surface area contributed by atoms with Gasteiger partial charge < -0.3 is 10.4 Å². The fourth-order valence-corrected chi connectivity index (χ4v) is 2.69. The maximum absolute atomic E-state index is 12.0. The van der Waals surface area contributed by atoms with Crippen LogP contribution in [-0.2, 0) is 11.3 Å². The van der Waals surface area contributed by atoms with Crippen molar-refractivity contribution in [1.82, 2.24) is 10.2 Å². The van der Waals surface area contributed by atoms with Crippen LogP contribution in [0.2, 0.25) is 0 Å². The lowest BCUT2D eigenvalue weighted by Crippen LogP contribution is -2.43. The largest absolute Gasteiger partial charge is 0.390 e. The Morgan fingerprint density at radius 1 is 1.35 bits per heavy atom.